The Balaban J connectivity index is 1.96. The second-order valence-electron chi connectivity index (χ2n) is 5.72. The summed E-state index contributed by atoms with van der Waals surface area (Å²) in [6.45, 7) is 4.48. The molecule has 1 atom stereocenters. The van der Waals surface area contributed by atoms with Crippen molar-refractivity contribution in [3.63, 3.8) is 0 Å². The summed E-state index contributed by atoms with van der Waals surface area (Å²) in [5.41, 5.74) is 6.56. The highest BCUT2D eigenvalue weighted by molar-refractivity contribution is 5.84. The van der Waals surface area contributed by atoms with E-state index in [1.807, 2.05) is 7.05 Å². The molecule has 0 spiro atoms. The van der Waals surface area contributed by atoms with Crippen LogP contribution >= 0.6 is 0 Å². The highest BCUT2D eigenvalue weighted by Crippen LogP contribution is 2.31. The molecule has 2 nitrogen and oxygen atoms in total. The minimum absolute atomic E-state index is 0.478. The highest BCUT2D eigenvalue weighted by Gasteiger charge is 2.15. The van der Waals surface area contributed by atoms with Crippen molar-refractivity contribution in [3.8, 4) is 0 Å². The Morgan fingerprint density at radius 2 is 1.76 bits per heavy atom. The van der Waals surface area contributed by atoms with Crippen LogP contribution in [0.4, 0.5) is 5.69 Å². The minimum Gasteiger partial charge on any atom is -0.388 e. The maximum Gasteiger partial charge on any atom is 0.0458 e. The fraction of sp³-hybridized carbons (Fsp3) is 0.263. The predicted molar refractivity (Wildman–Crippen MR) is 91.1 cm³/mol. The minimum atomic E-state index is 0.478. The first-order chi connectivity index (χ1) is 10.2. The van der Waals surface area contributed by atoms with Gasteiger partial charge in [0.2, 0.25) is 0 Å². The Morgan fingerprint density at radius 1 is 1.05 bits per heavy atom. The van der Waals surface area contributed by atoms with Gasteiger partial charge in [-0.2, -0.15) is 0 Å². The molecule has 0 aliphatic heterocycles. The molecule has 1 heterocycles. The molecular weight excluding hydrogens is 256 g/mol. The van der Waals surface area contributed by atoms with Gasteiger partial charge in [0.05, 0.1) is 0 Å². The third-order valence-corrected chi connectivity index (χ3v) is 4.30. The Kier molecular flexibility index (Phi) is 3.70. The number of rotatable bonds is 4. The molecule has 2 heteroatoms. The van der Waals surface area contributed by atoms with Crippen LogP contribution in [0.2, 0.25) is 0 Å². The number of anilines is 1. The summed E-state index contributed by atoms with van der Waals surface area (Å²) >= 11 is 0. The summed E-state index contributed by atoms with van der Waals surface area (Å²) in [7, 11) is 1.99. The molecule has 0 aliphatic rings. The fourth-order valence-corrected chi connectivity index (χ4v) is 3.17. The average Bonchev–Trinajstić information content (AvgIpc) is 2.83. The molecule has 0 fully saturated rings. The lowest BCUT2D eigenvalue weighted by molar-refractivity contribution is 0.760. The van der Waals surface area contributed by atoms with Gasteiger partial charge < -0.3 is 10.3 Å². The molecule has 0 amide bonds. The van der Waals surface area contributed by atoms with Gasteiger partial charge in [-0.25, -0.2) is 0 Å². The van der Waals surface area contributed by atoms with Crippen LogP contribution in [0.3, 0.4) is 0 Å². The summed E-state index contributed by atoms with van der Waals surface area (Å²) in [6, 6.07) is 17.1. The quantitative estimate of drug-likeness (QED) is 0.700. The molecule has 0 saturated carbocycles. The zero-order valence-electron chi connectivity index (χ0n) is 12.9. The molecule has 21 heavy (non-hydrogen) atoms. The van der Waals surface area contributed by atoms with Crippen molar-refractivity contribution in [2.75, 3.05) is 12.4 Å². The molecule has 2 aromatic carbocycles. The van der Waals surface area contributed by atoms with Crippen molar-refractivity contribution in [1.82, 2.24) is 4.98 Å². The van der Waals surface area contributed by atoms with E-state index in [9.17, 15) is 0 Å². The zero-order valence-corrected chi connectivity index (χ0v) is 12.9. The number of H-pyrrole nitrogens is 1. The number of aromatic amines is 1. The monoisotopic (exact) mass is 278 g/mol. The molecule has 0 aliphatic carbocycles. The molecule has 1 unspecified atom stereocenters. The molecule has 0 bridgehead atoms. The van der Waals surface area contributed by atoms with Gasteiger partial charge in [0, 0.05) is 29.3 Å². The number of hydrogen-bond donors (Lipinski definition) is 2. The summed E-state index contributed by atoms with van der Waals surface area (Å²) in [4.78, 5) is 3.50. The van der Waals surface area contributed by atoms with Crippen molar-refractivity contribution in [3.05, 3.63) is 65.4 Å². The third kappa shape index (κ3) is 2.54. The van der Waals surface area contributed by atoms with E-state index >= 15 is 0 Å². The highest BCUT2D eigenvalue weighted by atomic mass is 14.8. The third-order valence-electron chi connectivity index (χ3n) is 4.30. The van der Waals surface area contributed by atoms with Gasteiger partial charge in [-0.3, -0.25) is 0 Å². The lowest BCUT2D eigenvalue weighted by Crippen LogP contribution is -2.03. The normalized spacial score (nSPS) is 12.5. The van der Waals surface area contributed by atoms with Crippen LogP contribution in [0.1, 0.15) is 29.7 Å². The number of benzene rings is 2. The summed E-state index contributed by atoms with van der Waals surface area (Å²) < 4.78 is 0. The standard InChI is InChI=1S/C19H22N2/c1-13(15-8-4-6-10-18(15)20-3)12-17-14(2)21-19-11-7-5-9-16(17)19/h4-11,13,20-21H,12H2,1-3H3. The van der Waals surface area contributed by atoms with Crippen LogP contribution in [0.5, 0.6) is 0 Å². The second-order valence-corrected chi connectivity index (χ2v) is 5.72. The maximum absolute atomic E-state index is 3.50. The second kappa shape index (κ2) is 5.65. The van der Waals surface area contributed by atoms with E-state index in [0.717, 1.165) is 6.42 Å². The van der Waals surface area contributed by atoms with Crippen LogP contribution < -0.4 is 5.32 Å². The Morgan fingerprint density at radius 3 is 2.57 bits per heavy atom. The van der Waals surface area contributed by atoms with Crippen LogP contribution in [-0.4, -0.2) is 12.0 Å². The lowest BCUT2D eigenvalue weighted by atomic mass is 9.91. The molecular formula is C19H22N2. The summed E-state index contributed by atoms with van der Waals surface area (Å²) in [5, 5.41) is 4.65. The first-order valence-corrected chi connectivity index (χ1v) is 7.53. The number of aryl methyl sites for hydroxylation is 1. The van der Waals surface area contributed by atoms with Gasteiger partial charge in [-0.15, -0.1) is 0 Å². The summed E-state index contributed by atoms with van der Waals surface area (Å²) in [6.07, 6.45) is 1.05. The van der Waals surface area contributed by atoms with E-state index in [-0.39, 0.29) is 0 Å². The van der Waals surface area contributed by atoms with Crippen LogP contribution in [0.15, 0.2) is 48.5 Å². The van der Waals surface area contributed by atoms with E-state index in [4.69, 9.17) is 0 Å². The fourth-order valence-electron chi connectivity index (χ4n) is 3.17. The smallest absolute Gasteiger partial charge is 0.0458 e. The van der Waals surface area contributed by atoms with E-state index in [0.29, 0.717) is 5.92 Å². The zero-order chi connectivity index (χ0) is 14.8. The molecule has 108 valence electrons. The molecule has 0 saturated heterocycles. The first-order valence-electron chi connectivity index (χ1n) is 7.53. The van der Waals surface area contributed by atoms with Crippen molar-refractivity contribution in [2.45, 2.75) is 26.2 Å². The van der Waals surface area contributed by atoms with Crippen LogP contribution in [0, 0.1) is 6.92 Å². The van der Waals surface area contributed by atoms with Gasteiger partial charge in [0.1, 0.15) is 0 Å². The van der Waals surface area contributed by atoms with Crippen molar-refractivity contribution in [2.24, 2.45) is 0 Å². The average molecular weight is 278 g/mol. The predicted octanol–water partition coefficient (Wildman–Crippen LogP) is 4.86. The Labute approximate surface area is 126 Å². The van der Waals surface area contributed by atoms with E-state index in [2.05, 4.69) is 72.7 Å². The Bertz CT molecular complexity index is 755. The van der Waals surface area contributed by atoms with Crippen LogP contribution in [0.25, 0.3) is 10.9 Å². The van der Waals surface area contributed by atoms with Crippen molar-refractivity contribution in [1.29, 1.82) is 0 Å². The molecule has 1 aromatic heterocycles. The Hall–Kier alpha value is -2.22. The van der Waals surface area contributed by atoms with Gasteiger partial charge in [-0.1, -0.05) is 43.3 Å². The van der Waals surface area contributed by atoms with Gasteiger partial charge >= 0.3 is 0 Å². The largest absolute Gasteiger partial charge is 0.388 e. The number of hydrogen-bond acceptors (Lipinski definition) is 1. The topological polar surface area (TPSA) is 27.8 Å². The van der Waals surface area contributed by atoms with Crippen LogP contribution in [-0.2, 0) is 6.42 Å². The van der Waals surface area contributed by atoms with Crippen molar-refractivity contribution >= 4 is 16.6 Å². The molecule has 3 aromatic rings. The van der Waals surface area contributed by atoms with Gasteiger partial charge in [-0.05, 0) is 42.5 Å². The van der Waals surface area contributed by atoms with E-state index < -0.39 is 0 Å². The van der Waals surface area contributed by atoms with E-state index in [1.165, 1.54) is 33.4 Å². The molecule has 0 radical (unpaired) electrons. The molecule has 2 N–H and O–H groups in total. The molecule has 3 rings (SSSR count). The number of aromatic nitrogens is 1. The number of para-hydroxylation sites is 2. The van der Waals surface area contributed by atoms with Gasteiger partial charge in [0.15, 0.2) is 0 Å². The summed E-state index contributed by atoms with van der Waals surface area (Å²) in [5.74, 6) is 0.478. The SMILES string of the molecule is CNc1ccccc1C(C)Cc1c(C)[nH]c2ccccc12. The van der Waals surface area contributed by atoms with Gasteiger partial charge in [0.25, 0.3) is 0 Å². The number of nitrogens with one attached hydrogen (secondary N) is 2. The lowest BCUT2D eigenvalue weighted by Gasteiger charge is -2.16. The van der Waals surface area contributed by atoms with Crippen molar-refractivity contribution < 1.29 is 0 Å². The first kappa shape index (κ1) is 13.7. The maximum atomic E-state index is 3.50. The number of fused-ring (bicyclic) bond motifs is 1. The van der Waals surface area contributed by atoms with E-state index in [1.54, 1.807) is 0 Å².